The molecule has 0 fully saturated rings. The number of rotatable bonds is 2. The molecule has 0 aliphatic carbocycles. The van der Waals surface area contributed by atoms with Crippen molar-refractivity contribution in [1.29, 1.82) is 0 Å². The molecule has 0 aliphatic heterocycles. The van der Waals surface area contributed by atoms with Crippen molar-refractivity contribution in [3.63, 3.8) is 0 Å². The lowest BCUT2D eigenvalue weighted by molar-refractivity contribution is 0.103. The number of carbonyl (C=O) groups is 1. The van der Waals surface area contributed by atoms with Gasteiger partial charge in [0.05, 0.1) is 15.6 Å². The average molecular weight is 287 g/mol. The fourth-order valence-electron chi connectivity index (χ4n) is 1.50. The summed E-state index contributed by atoms with van der Waals surface area (Å²) in [6.45, 7) is 0. The fraction of sp³-hybridized carbons (Fsp3) is 0. The van der Waals surface area contributed by atoms with Crippen LogP contribution in [0.3, 0.4) is 0 Å². The lowest BCUT2D eigenvalue weighted by Crippen LogP contribution is -2.05. The molecule has 1 nitrogen and oxygen atoms in total. The molecule has 0 heterocycles. The standard InChI is InChI=1S/C13H6Cl2F2O/c14-10-5-4-7(16)6-9(10)13(18)8-2-1-3-11(15)12(8)17/h1-6H. The summed E-state index contributed by atoms with van der Waals surface area (Å²) < 4.78 is 26.8. The van der Waals surface area contributed by atoms with Crippen LogP contribution in [0.15, 0.2) is 36.4 Å². The van der Waals surface area contributed by atoms with Gasteiger partial charge in [-0.25, -0.2) is 8.78 Å². The number of halogens is 4. The zero-order chi connectivity index (χ0) is 13.3. The first-order valence-corrected chi connectivity index (χ1v) is 5.70. The fourth-order valence-corrected chi connectivity index (χ4v) is 1.87. The van der Waals surface area contributed by atoms with Crippen molar-refractivity contribution in [3.8, 4) is 0 Å². The first kappa shape index (κ1) is 13.0. The third-order valence-corrected chi connectivity index (χ3v) is 2.99. The topological polar surface area (TPSA) is 17.1 Å². The molecule has 0 aliphatic rings. The Morgan fingerprint density at radius 1 is 0.944 bits per heavy atom. The van der Waals surface area contributed by atoms with Crippen LogP contribution in [0.5, 0.6) is 0 Å². The maximum absolute atomic E-state index is 13.7. The van der Waals surface area contributed by atoms with Gasteiger partial charge in [0.25, 0.3) is 0 Å². The van der Waals surface area contributed by atoms with Gasteiger partial charge in [0.2, 0.25) is 0 Å². The van der Waals surface area contributed by atoms with E-state index in [0.29, 0.717) is 0 Å². The van der Waals surface area contributed by atoms with Gasteiger partial charge in [0, 0.05) is 5.56 Å². The molecule has 0 atom stereocenters. The summed E-state index contributed by atoms with van der Waals surface area (Å²) in [6, 6.07) is 7.35. The highest BCUT2D eigenvalue weighted by Crippen LogP contribution is 2.24. The van der Waals surface area contributed by atoms with Crippen LogP contribution in [-0.4, -0.2) is 5.78 Å². The molecule has 2 rings (SSSR count). The Hall–Kier alpha value is -1.45. The van der Waals surface area contributed by atoms with E-state index in [1.165, 1.54) is 24.3 Å². The Bertz CT molecular complexity index is 622. The predicted molar refractivity (Wildman–Crippen MR) is 66.3 cm³/mol. The predicted octanol–water partition coefficient (Wildman–Crippen LogP) is 4.50. The minimum atomic E-state index is -0.843. The van der Waals surface area contributed by atoms with Crippen LogP contribution in [0.2, 0.25) is 10.0 Å². The van der Waals surface area contributed by atoms with Crippen molar-refractivity contribution in [2.75, 3.05) is 0 Å². The van der Waals surface area contributed by atoms with E-state index in [0.717, 1.165) is 12.1 Å². The van der Waals surface area contributed by atoms with E-state index in [9.17, 15) is 13.6 Å². The van der Waals surface area contributed by atoms with Crippen LogP contribution in [0.25, 0.3) is 0 Å². The van der Waals surface area contributed by atoms with E-state index in [1.54, 1.807) is 0 Å². The monoisotopic (exact) mass is 286 g/mol. The molecular weight excluding hydrogens is 281 g/mol. The van der Waals surface area contributed by atoms with Crippen molar-refractivity contribution in [3.05, 3.63) is 69.2 Å². The van der Waals surface area contributed by atoms with Crippen LogP contribution < -0.4 is 0 Å². The number of carbonyl (C=O) groups excluding carboxylic acids is 1. The molecule has 18 heavy (non-hydrogen) atoms. The summed E-state index contributed by atoms with van der Waals surface area (Å²) in [4.78, 5) is 12.0. The van der Waals surface area contributed by atoms with Gasteiger partial charge in [-0.05, 0) is 30.3 Å². The Labute approximate surface area is 112 Å². The highest BCUT2D eigenvalue weighted by molar-refractivity contribution is 6.35. The summed E-state index contributed by atoms with van der Waals surface area (Å²) in [7, 11) is 0. The maximum atomic E-state index is 13.7. The third-order valence-electron chi connectivity index (χ3n) is 2.37. The Kier molecular flexibility index (Phi) is 3.64. The van der Waals surface area contributed by atoms with E-state index < -0.39 is 17.4 Å². The number of hydrogen-bond donors (Lipinski definition) is 0. The van der Waals surface area contributed by atoms with Crippen LogP contribution in [0, 0.1) is 11.6 Å². The molecule has 0 bridgehead atoms. The van der Waals surface area contributed by atoms with Gasteiger partial charge >= 0.3 is 0 Å². The molecule has 0 amide bonds. The molecule has 0 aromatic heterocycles. The van der Waals surface area contributed by atoms with Gasteiger partial charge in [0.15, 0.2) is 11.6 Å². The van der Waals surface area contributed by atoms with Crippen molar-refractivity contribution in [2.45, 2.75) is 0 Å². The molecule has 5 heteroatoms. The van der Waals surface area contributed by atoms with E-state index in [1.807, 2.05) is 0 Å². The van der Waals surface area contributed by atoms with Crippen molar-refractivity contribution in [1.82, 2.24) is 0 Å². The second-order valence-corrected chi connectivity index (χ2v) is 4.37. The number of ketones is 1. The SMILES string of the molecule is O=C(c1cc(F)ccc1Cl)c1cccc(Cl)c1F. The lowest BCUT2D eigenvalue weighted by Gasteiger charge is -2.05. The largest absolute Gasteiger partial charge is 0.288 e. The normalized spacial score (nSPS) is 10.4. The van der Waals surface area contributed by atoms with Gasteiger partial charge in [0.1, 0.15) is 5.82 Å². The summed E-state index contributed by atoms with van der Waals surface area (Å²) >= 11 is 11.4. The number of benzene rings is 2. The third kappa shape index (κ3) is 2.37. The van der Waals surface area contributed by atoms with Gasteiger partial charge in [-0.15, -0.1) is 0 Å². The zero-order valence-electron chi connectivity index (χ0n) is 8.88. The van der Waals surface area contributed by atoms with E-state index >= 15 is 0 Å². The quantitative estimate of drug-likeness (QED) is 0.743. The van der Waals surface area contributed by atoms with Crippen LogP contribution >= 0.6 is 23.2 Å². The van der Waals surface area contributed by atoms with Gasteiger partial charge in [-0.3, -0.25) is 4.79 Å². The average Bonchev–Trinajstić information content (AvgIpc) is 2.35. The highest BCUT2D eigenvalue weighted by Gasteiger charge is 2.18. The Morgan fingerprint density at radius 2 is 1.67 bits per heavy atom. The molecule has 0 unspecified atom stereocenters. The summed E-state index contributed by atoms with van der Waals surface area (Å²) in [6.07, 6.45) is 0. The van der Waals surface area contributed by atoms with Crippen LogP contribution in [0.4, 0.5) is 8.78 Å². The highest BCUT2D eigenvalue weighted by atomic mass is 35.5. The molecular formula is C13H6Cl2F2O. The molecule has 92 valence electrons. The van der Waals surface area contributed by atoms with Crippen molar-refractivity contribution < 1.29 is 13.6 Å². The molecule has 2 aromatic rings. The van der Waals surface area contributed by atoms with E-state index in [-0.39, 0.29) is 21.2 Å². The smallest absolute Gasteiger partial charge is 0.197 e. The zero-order valence-corrected chi connectivity index (χ0v) is 10.4. The summed E-state index contributed by atoms with van der Waals surface area (Å²) in [5.41, 5.74) is -0.340. The lowest BCUT2D eigenvalue weighted by atomic mass is 10.0. The molecule has 0 saturated carbocycles. The van der Waals surface area contributed by atoms with E-state index in [2.05, 4.69) is 0 Å². The molecule has 0 spiro atoms. The van der Waals surface area contributed by atoms with Crippen LogP contribution in [0.1, 0.15) is 15.9 Å². The van der Waals surface area contributed by atoms with E-state index in [4.69, 9.17) is 23.2 Å². The van der Waals surface area contributed by atoms with Gasteiger partial charge < -0.3 is 0 Å². The minimum Gasteiger partial charge on any atom is -0.288 e. The molecule has 0 N–H and O–H groups in total. The first-order chi connectivity index (χ1) is 8.50. The summed E-state index contributed by atoms with van der Waals surface area (Å²) in [5, 5.41) is -0.117. The van der Waals surface area contributed by atoms with Crippen LogP contribution in [-0.2, 0) is 0 Å². The first-order valence-electron chi connectivity index (χ1n) is 4.94. The second kappa shape index (κ2) is 5.04. The maximum Gasteiger partial charge on any atom is 0.197 e. The molecule has 0 radical (unpaired) electrons. The van der Waals surface area contributed by atoms with Gasteiger partial charge in [-0.2, -0.15) is 0 Å². The summed E-state index contributed by atoms with van der Waals surface area (Å²) in [5.74, 6) is -2.17. The Morgan fingerprint density at radius 3 is 2.39 bits per heavy atom. The molecule has 2 aromatic carbocycles. The second-order valence-electron chi connectivity index (χ2n) is 3.55. The minimum absolute atomic E-state index is 0.0563. The number of hydrogen-bond acceptors (Lipinski definition) is 1. The van der Waals surface area contributed by atoms with Crippen molar-refractivity contribution >= 4 is 29.0 Å². The molecule has 0 saturated heterocycles. The van der Waals surface area contributed by atoms with Crippen molar-refractivity contribution in [2.24, 2.45) is 0 Å². The Balaban J connectivity index is 2.55. The van der Waals surface area contributed by atoms with Gasteiger partial charge in [-0.1, -0.05) is 29.3 Å².